The Morgan fingerprint density at radius 3 is 1.41 bits per heavy atom. The average Bonchev–Trinajstić information content (AvgIpc) is 2.79. The average molecular weight is 575 g/mol. The number of hydrogen-bond acceptors (Lipinski definition) is 3. The fourth-order valence-corrected chi connectivity index (χ4v) is 4.24. The highest BCUT2D eigenvalue weighted by Gasteiger charge is 2.15. The Kier molecular flexibility index (Phi) is 20.0. The number of rotatable bonds is 14. The fraction of sp³-hybridized carbons (Fsp3) is 0.613. The summed E-state index contributed by atoms with van der Waals surface area (Å²) >= 11 is 0. The molecule has 0 heterocycles. The molecule has 0 bridgehead atoms. The highest BCUT2D eigenvalue weighted by atomic mass is 35.5. The Hall–Kier alpha value is -0.810. The summed E-state index contributed by atoms with van der Waals surface area (Å²) in [7, 11) is 0. The first-order chi connectivity index (χ1) is 16.1. The van der Waals surface area contributed by atoms with Crippen molar-refractivity contribution in [3.05, 3.63) is 70.8 Å². The monoisotopic (exact) mass is 573 g/mol. The summed E-state index contributed by atoms with van der Waals surface area (Å²) in [5, 5.41) is 7.35. The maximum Gasteiger partial charge on any atom is 0.00734 e. The second kappa shape index (κ2) is 19.3. The van der Waals surface area contributed by atoms with Crippen LogP contribution in [0, 0.1) is 0 Å². The van der Waals surface area contributed by atoms with E-state index >= 15 is 0 Å². The molecule has 3 nitrogen and oxygen atoms in total. The van der Waals surface area contributed by atoms with Crippen molar-refractivity contribution in [3.63, 3.8) is 0 Å². The Morgan fingerprint density at radius 2 is 1.03 bits per heavy atom. The first kappa shape index (κ1) is 38.3. The SMILES string of the molecule is CC(C)(C)c1ccc(CCC(CCc2ccc(C(C)(C)C)cc2)NCCCNCCCN)cc1.Cl.Cl.Cl. The molecule has 2 aromatic rings. The lowest BCUT2D eigenvalue weighted by molar-refractivity contribution is 0.444. The minimum Gasteiger partial charge on any atom is -0.330 e. The van der Waals surface area contributed by atoms with Crippen LogP contribution < -0.4 is 16.4 Å². The summed E-state index contributed by atoms with van der Waals surface area (Å²) in [6.45, 7) is 17.6. The maximum absolute atomic E-state index is 5.58. The van der Waals surface area contributed by atoms with Gasteiger partial charge in [0.1, 0.15) is 0 Å². The zero-order valence-corrected chi connectivity index (χ0v) is 26.5. The first-order valence-electron chi connectivity index (χ1n) is 13.4. The Bertz CT molecular complexity index is 748. The van der Waals surface area contributed by atoms with Gasteiger partial charge in [-0.3, -0.25) is 0 Å². The third kappa shape index (κ3) is 15.4. The van der Waals surface area contributed by atoms with Crippen molar-refractivity contribution in [1.29, 1.82) is 0 Å². The van der Waals surface area contributed by atoms with Gasteiger partial charge in [-0.15, -0.1) is 37.2 Å². The molecule has 214 valence electrons. The molecule has 37 heavy (non-hydrogen) atoms. The molecule has 0 unspecified atom stereocenters. The second-order valence-corrected chi connectivity index (χ2v) is 11.9. The quantitative estimate of drug-likeness (QED) is 0.206. The summed E-state index contributed by atoms with van der Waals surface area (Å²) in [4.78, 5) is 0. The fourth-order valence-electron chi connectivity index (χ4n) is 4.24. The van der Waals surface area contributed by atoms with Crippen molar-refractivity contribution in [3.8, 4) is 0 Å². The van der Waals surface area contributed by atoms with E-state index in [2.05, 4.69) is 101 Å². The van der Waals surface area contributed by atoms with E-state index in [0.717, 1.165) is 51.9 Å². The van der Waals surface area contributed by atoms with E-state index in [1.165, 1.54) is 35.1 Å². The Balaban J connectivity index is 0. The van der Waals surface area contributed by atoms with Gasteiger partial charge in [0.05, 0.1) is 0 Å². The van der Waals surface area contributed by atoms with Gasteiger partial charge >= 0.3 is 0 Å². The van der Waals surface area contributed by atoms with Gasteiger partial charge in [-0.25, -0.2) is 0 Å². The lowest BCUT2D eigenvalue weighted by Gasteiger charge is -2.21. The van der Waals surface area contributed by atoms with E-state index in [0.29, 0.717) is 6.04 Å². The molecule has 0 saturated heterocycles. The van der Waals surface area contributed by atoms with Crippen LogP contribution in [0.15, 0.2) is 48.5 Å². The zero-order valence-electron chi connectivity index (χ0n) is 24.1. The number of aryl methyl sites for hydroxylation is 2. The van der Waals surface area contributed by atoms with Crippen molar-refractivity contribution >= 4 is 37.2 Å². The largest absolute Gasteiger partial charge is 0.330 e. The van der Waals surface area contributed by atoms with Gasteiger partial charge in [-0.05, 0) is 97.8 Å². The number of benzene rings is 2. The van der Waals surface area contributed by atoms with Crippen LogP contribution in [0.1, 0.15) is 89.5 Å². The number of nitrogens with one attached hydrogen (secondary N) is 2. The summed E-state index contributed by atoms with van der Waals surface area (Å²) < 4.78 is 0. The van der Waals surface area contributed by atoms with Crippen LogP contribution in [0.5, 0.6) is 0 Å². The lowest BCUT2D eigenvalue weighted by atomic mass is 9.86. The van der Waals surface area contributed by atoms with E-state index in [1.54, 1.807) is 0 Å². The molecule has 0 radical (unpaired) electrons. The van der Waals surface area contributed by atoms with Gasteiger partial charge in [0, 0.05) is 6.04 Å². The van der Waals surface area contributed by atoms with Crippen molar-refractivity contribution in [2.45, 2.75) is 96.9 Å². The van der Waals surface area contributed by atoms with Crippen LogP contribution >= 0.6 is 37.2 Å². The van der Waals surface area contributed by atoms with Gasteiger partial charge in [0.25, 0.3) is 0 Å². The summed E-state index contributed by atoms with van der Waals surface area (Å²) in [6, 6.07) is 19.1. The standard InChI is InChI=1S/C31H51N3.3ClH/c1-30(2,3)27-15-9-25(10-16-27)13-19-29(34-24-8-23-33-22-7-21-32)20-14-26-11-17-28(18-12-26)31(4,5)6;;;/h9-12,15-18,29,33-34H,7-8,13-14,19-24,32H2,1-6H3;3*1H. The van der Waals surface area contributed by atoms with Crippen LogP contribution in [-0.4, -0.2) is 32.2 Å². The van der Waals surface area contributed by atoms with Crippen molar-refractivity contribution < 1.29 is 0 Å². The molecular formula is C31H54Cl3N3. The van der Waals surface area contributed by atoms with E-state index < -0.39 is 0 Å². The minimum absolute atomic E-state index is 0. The van der Waals surface area contributed by atoms with Gasteiger partial charge in [0.15, 0.2) is 0 Å². The molecular weight excluding hydrogens is 521 g/mol. The van der Waals surface area contributed by atoms with Gasteiger partial charge < -0.3 is 16.4 Å². The minimum atomic E-state index is 0. The molecule has 2 rings (SSSR count). The lowest BCUT2D eigenvalue weighted by Crippen LogP contribution is -2.33. The highest BCUT2D eigenvalue weighted by molar-refractivity contribution is 5.86. The molecule has 4 N–H and O–H groups in total. The van der Waals surface area contributed by atoms with Gasteiger partial charge in [0.2, 0.25) is 0 Å². The topological polar surface area (TPSA) is 50.1 Å². The summed E-state index contributed by atoms with van der Waals surface area (Å²) in [5.74, 6) is 0. The van der Waals surface area contributed by atoms with E-state index in [-0.39, 0.29) is 48.1 Å². The molecule has 2 aromatic carbocycles. The highest BCUT2D eigenvalue weighted by Crippen LogP contribution is 2.24. The third-order valence-electron chi connectivity index (χ3n) is 6.72. The third-order valence-corrected chi connectivity index (χ3v) is 6.72. The summed E-state index contributed by atoms with van der Waals surface area (Å²) in [6.07, 6.45) is 6.81. The number of nitrogens with two attached hydrogens (primary N) is 1. The number of halogens is 3. The normalized spacial score (nSPS) is 11.5. The molecule has 0 aliphatic carbocycles. The Labute approximate surface area is 246 Å². The van der Waals surface area contributed by atoms with E-state index in [4.69, 9.17) is 5.73 Å². The van der Waals surface area contributed by atoms with Crippen LogP contribution in [0.3, 0.4) is 0 Å². The van der Waals surface area contributed by atoms with Crippen molar-refractivity contribution in [2.24, 2.45) is 5.73 Å². The smallest absolute Gasteiger partial charge is 0.00734 e. The van der Waals surface area contributed by atoms with Crippen LogP contribution in [0.4, 0.5) is 0 Å². The molecule has 6 heteroatoms. The van der Waals surface area contributed by atoms with Crippen LogP contribution in [0.25, 0.3) is 0 Å². The van der Waals surface area contributed by atoms with E-state index in [9.17, 15) is 0 Å². The zero-order chi connectivity index (χ0) is 25.0. The summed E-state index contributed by atoms with van der Waals surface area (Å²) in [5.41, 5.74) is 11.7. The predicted octanol–water partition coefficient (Wildman–Crippen LogP) is 7.40. The van der Waals surface area contributed by atoms with Gasteiger partial charge in [-0.2, -0.15) is 0 Å². The van der Waals surface area contributed by atoms with Crippen LogP contribution in [-0.2, 0) is 23.7 Å². The predicted molar refractivity (Wildman–Crippen MR) is 172 cm³/mol. The molecule has 0 atom stereocenters. The van der Waals surface area contributed by atoms with Crippen molar-refractivity contribution in [1.82, 2.24) is 10.6 Å². The van der Waals surface area contributed by atoms with Crippen molar-refractivity contribution in [2.75, 3.05) is 26.2 Å². The molecule has 0 aliphatic rings. The number of hydrogen-bond donors (Lipinski definition) is 3. The molecule has 0 aliphatic heterocycles. The second-order valence-electron chi connectivity index (χ2n) is 11.9. The molecule has 0 fully saturated rings. The molecule has 0 saturated carbocycles. The maximum atomic E-state index is 5.58. The van der Waals surface area contributed by atoms with Gasteiger partial charge in [-0.1, -0.05) is 90.1 Å². The van der Waals surface area contributed by atoms with Crippen LogP contribution in [0.2, 0.25) is 0 Å². The molecule has 0 spiro atoms. The molecule has 0 aromatic heterocycles. The molecule has 0 amide bonds. The first-order valence-corrected chi connectivity index (χ1v) is 13.4. The Morgan fingerprint density at radius 1 is 0.622 bits per heavy atom. The van der Waals surface area contributed by atoms with E-state index in [1.807, 2.05) is 0 Å².